The summed E-state index contributed by atoms with van der Waals surface area (Å²) in [7, 11) is 1.77. The van der Waals surface area contributed by atoms with Crippen LogP contribution in [0.5, 0.6) is 5.75 Å². The molecule has 0 radical (unpaired) electrons. The summed E-state index contributed by atoms with van der Waals surface area (Å²) in [6.45, 7) is 1.06. The van der Waals surface area contributed by atoms with E-state index in [2.05, 4.69) is 11.4 Å². The Balaban J connectivity index is 1.93. The van der Waals surface area contributed by atoms with Gasteiger partial charge in [-0.3, -0.25) is 0 Å². The molecule has 2 saturated carbocycles. The Morgan fingerprint density at radius 2 is 1.90 bits per heavy atom. The highest BCUT2D eigenvalue weighted by molar-refractivity contribution is 6.30. The lowest BCUT2D eigenvalue weighted by Gasteiger charge is -2.35. The maximum Gasteiger partial charge on any atom is 0.122 e. The second-order valence-corrected chi connectivity index (χ2v) is 7.13. The van der Waals surface area contributed by atoms with Gasteiger partial charge >= 0.3 is 0 Å². The van der Waals surface area contributed by atoms with Gasteiger partial charge in [0.15, 0.2) is 0 Å². The molecule has 0 amide bonds. The fourth-order valence-corrected chi connectivity index (χ4v) is 3.84. The third-order valence-electron chi connectivity index (χ3n) is 5.10. The molecule has 0 atom stereocenters. The Hall–Kier alpha value is -0.730. The summed E-state index contributed by atoms with van der Waals surface area (Å²) < 4.78 is 5.66. The summed E-state index contributed by atoms with van der Waals surface area (Å²) >= 11 is 6.29. The van der Waals surface area contributed by atoms with Gasteiger partial charge < -0.3 is 10.1 Å². The Morgan fingerprint density at radius 3 is 2.52 bits per heavy atom. The SMILES string of the molecule is COc1ccc(Cl)cc1C1(CNC2CC2)CCCCCC1. The van der Waals surface area contributed by atoms with Crippen molar-refractivity contribution in [1.82, 2.24) is 5.32 Å². The summed E-state index contributed by atoms with van der Waals surface area (Å²) in [5.74, 6) is 0.999. The minimum absolute atomic E-state index is 0.190. The van der Waals surface area contributed by atoms with Crippen LogP contribution in [-0.2, 0) is 5.41 Å². The fraction of sp³-hybridized carbons (Fsp3) is 0.667. The first-order valence-corrected chi connectivity index (χ1v) is 8.69. The predicted octanol–water partition coefficient (Wildman–Crippen LogP) is 4.69. The van der Waals surface area contributed by atoms with Crippen LogP contribution < -0.4 is 10.1 Å². The standard InChI is InChI=1S/C18H26ClNO/c1-21-17-9-6-14(19)12-16(17)18(13-20-15-7-8-15)10-4-2-3-5-11-18/h6,9,12,15,20H,2-5,7-8,10-11,13H2,1H3. The Morgan fingerprint density at radius 1 is 1.19 bits per heavy atom. The highest BCUT2D eigenvalue weighted by Crippen LogP contribution is 2.43. The number of methoxy groups -OCH3 is 1. The second-order valence-electron chi connectivity index (χ2n) is 6.69. The van der Waals surface area contributed by atoms with Gasteiger partial charge in [-0.15, -0.1) is 0 Å². The van der Waals surface area contributed by atoms with Gasteiger partial charge in [-0.05, 0) is 43.9 Å². The predicted molar refractivity (Wildman–Crippen MR) is 88.4 cm³/mol. The Labute approximate surface area is 133 Å². The van der Waals surface area contributed by atoms with Crippen molar-refractivity contribution in [1.29, 1.82) is 0 Å². The van der Waals surface area contributed by atoms with Crippen LogP contribution in [0.2, 0.25) is 5.02 Å². The normalized spacial score (nSPS) is 21.8. The van der Waals surface area contributed by atoms with Gasteiger partial charge in [-0.1, -0.05) is 37.3 Å². The highest BCUT2D eigenvalue weighted by atomic mass is 35.5. The van der Waals surface area contributed by atoms with Crippen molar-refractivity contribution in [2.75, 3.05) is 13.7 Å². The number of nitrogens with one attached hydrogen (secondary N) is 1. The van der Waals surface area contributed by atoms with Crippen LogP contribution in [0.3, 0.4) is 0 Å². The fourth-order valence-electron chi connectivity index (χ4n) is 3.67. The van der Waals surface area contributed by atoms with Crippen LogP contribution >= 0.6 is 11.6 Å². The van der Waals surface area contributed by atoms with Crippen LogP contribution in [-0.4, -0.2) is 19.7 Å². The van der Waals surface area contributed by atoms with Crippen LogP contribution in [0.15, 0.2) is 18.2 Å². The molecule has 0 saturated heterocycles. The average Bonchev–Trinajstić information content (AvgIpc) is 3.32. The van der Waals surface area contributed by atoms with Crippen molar-refractivity contribution in [2.45, 2.75) is 62.8 Å². The average molecular weight is 308 g/mol. The molecule has 0 unspecified atom stereocenters. The number of benzene rings is 1. The highest BCUT2D eigenvalue weighted by Gasteiger charge is 2.37. The molecule has 0 bridgehead atoms. The maximum atomic E-state index is 6.29. The minimum atomic E-state index is 0.190. The lowest BCUT2D eigenvalue weighted by molar-refractivity contribution is 0.324. The number of ether oxygens (including phenoxy) is 1. The third-order valence-corrected chi connectivity index (χ3v) is 5.34. The van der Waals surface area contributed by atoms with Gasteiger partial charge in [0.1, 0.15) is 5.75 Å². The zero-order valence-corrected chi connectivity index (χ0v) is 13.7. The smallest absolute Gasteiger partial charge is 0.122 e. The quantitative estimate of drug-likeness (QED) is 0.797. The number of rotatable bonds is 5. The van der Waals surface area contributed by atoms with E-state index in [1.807, 2.05) is 12.1 Å². The van der Waals surface area contributed by atoms with E-state index in [-0.39, 0.29) is 5.41 Å². The van der Waals surface area contributed by atoms with Gasteiger partial charge in [-0.2, -0.15) is 0 Å². The largest absolute Gasteiger partial charge is 0.496 e. The van der Waals surface area contributed by atoms with Gasteiger partial charge in [0.05, 0.1) is 7.11 Å². The van der Waals surface area contributed by atoms with E-state index in [1.165, 1.54) is 56.9 Å². The van der Waals surface area contributed by atoms with Crippen molar-refractivity contribution in [3.05, 3.63) is 28.8 Å². The Kier molecular flexibility index (Phi) is 4.75. The molecule has 0 aromatic heterocycles. The van der Waals surface area contributed by atoms with E-state index >= 15 is 0 Å². The Bertz CT molecular complexity index is 476. The lowest BCUT2D eigenvalue weighted by Crippen LogP contribution is -2.39. The van der Waals surface area contributed by atoms with Gasteiger partial charge in [0.2, 0.25) is 0 Å². The van der Waals surface area contributed by atoms with Crippen LogP contribution in [0.4, 0.5) is 0 Å². The second kappa shape index (κ2) is 6.58. The third kappa shape index (κ3) is 3.54. The van der Waals surface area contributed by atoms with Crippen molar-refractivity contribution in [3.63, 3.8) is 0 Å². The van der Waals surface area contributed by atoms with Crippen molar-refractivity contribution in [2.24, 2.45) is 0 Å². The molecule has 2 nitrogen and oxygen atoms in total. The zero-order valence-electron chi connectivity index (χ0n) is 13.0. The van der Waals surface area contributed by atoms with Gasteiger partial charge in [0, 0.05) is 28.6 Å². The first-order valence-electron chi connectivity index (χ1n) is 8.31. The lowest BCUT2D eigenvalue weighted by atomic mass is 9.73. The van der Waals surface area contributed by atoms with E-state index < -0.39 is 0 Å². The van der Waals surface area contributed by atoms with Gasteiger partial charge in [0.25, 0.3) is 0 Å². The summed E-state index contributed by atoms with van der Waals surface area (Å²) in [6, 6.07) is 6.85. The first-order chi connectivity index (χ1) is 10.2. The first kappa shape index (κ1) is 15.2. The van der Waals surface area contributed by atoms with E-state index in [0.717, 1.165) is 23.4 Å². The molecule has 1 aromatic carbocycles. The van der Waals surface area contributed by atoms with Crippen molar-refractivity contribution >= 4 is 11.6 Å². The number of halogens is 1. The molecular weight excluding hydrogens is 282 g/mol. The summed E-state index contributed by atoms with van der Waals surface area (Å²) in [5.41, 5.74) is 1.50. The molecule has 3 rings (SSSR count). The minimum Gasteiger partial charge on any atom is -0.496 e. The van der Waals surface area contributed by atoms with E-state index in [9.17, 15) is 0 Å². The molecular formula is C18H26ClNO. The molecule has 2 aliphatic carbocycles. The van der Waals surface area contributed by atoms with E-state index in [1.54, 1.807) is 7.11 Å². The van der Waals surface area contributed by atoms with Crippen molar-refractivity contribution < 1.29 is 4.74 Å². The molecule has 21 heavy (non-hydrogen) atoms. The topological polar surface area (TPSA) is 21.3 Å². The zero-order chi connectivity index (χ0) is 14.7. The molecule has 2 aliphatic rings. The summed E-state index contributed by atoms with van der Waals surface area (Å²) in [4.78, 5) is 0. The van der Waals surface area contributed by atoms with Gasteiger partial charge in [-0.25, -0.2) is 0 Å². The molecule has 0 aliphatic heterocycles. The number of hydrogen-bond donors (Lipinski definition) is 1. The molecule has 0 spiro atoms. The van der Waals surface area contributed by atoms with Crippen LogP contribution in [0.1, 0.15) is 56.9 Å². The summed E-state index contributed by atoms with van der Waals surface area (Å²) in [6.07, 6.45) is 10.5. The van der Waals surface area contributed by atoms with Crippen LogP contribution in [0.25, 0.3) is 0 Å². The van der Waals surface area contributed by atoms with Crippen LogP contribution in [0, 0.1) is 0 Å². The maximum absolute atomic E-state index is 6.29. The monoisotopic (exact) mass is 307 g/mol. The molecule has 1 N–H and O–H groups in total. The molecule has 3 heteroatoms. The molecule has 0 heterocycles. The van der Waals surface area contributed by atoms with Crippen molar-refractivity contribution in [3.8, 4) is 5.75 Å². The molecule has 116 valence electrons. The van der Waals surface area contributed by atoms with E-state index in [0.29, 0.717) is 0 Å². The molecule has 2 fully saturated rings. The molecule has 1 aromatic rings. The summed E-state index contributed by atoms with van der Waals surface area (Å²) in [5, 5.41) is 4.59. The van der Waals surface area contributed by atoms with E-state index in [4.69, 9.17) is 16.3 Å². The number of hydrogen-bond acceptors (Lipinski definition) is 2.